The molecule has 0 aliphatic rings. The Morgan fingerprint density at radius 2 is 2.10 bits per heavy atom. The zero-order valence-corrected chi connectivity index (χ0v) is 12.9. The van der Waals surface area contributed by atoms with Gasteiger partial charge in [0.15, 0.2) is 5.78 Å². The van der Waals surface area contributed by atoms with Crippen molar-refractivity contribution in [2.45, 2.75) is 13.3 Å². The molecule has 1 heterocycles. The summed E-state index contributed by atoms with van der Waals surface area (Å²) in [5.74, 6) is -1.37. The topological polar surface area (TPSA) is 46.2 Å². The molecular weight excluding hydrogens is 313 g/mol. The van der Waals surface area contributed by atoms with Crippen LogP contribution in [0.3, 0.4) is 0 Å². The summed E-state index contributed by atoms with van der Waals surface area (Å²) in [5.41, 5.74) is 0.609. The average Bonchev–Trinajstić information content (AvgIpc) is 2.89. The van der Waals surface area contributed by atoms with Crippen LogP contribution in [-0.4, -0.2) is 17.6 Å². The number of carbonyl (C=O) groups excluding carboxylic acids is 2. The second kappa shape index (κ2) is 6.83. The third kappa shape index (κ3) is 3.68. The van der Waals surface area contributed by atoms with Gasteiger partial charge in [0.25, 0.3) is 0 Å². The first-order valence-corrected chi connectivity index (χ1v) is 7.69. The lowest BCUT2D eigenvalue weighted by Crippen LogP contribution is -2.14. The smallest absolute Gasteiger partial charge is 0.239 e. The van der Waals surface area contributed by atoms with E-state index in [9.17, 15) is 14.0 Å². The number of alkyl halides is 1. The maximum Gasteiger partial charge on any atom is 0.239 e. The van der Waals surface area contributed by atoms with E-state index in [4.69, 9.17) is 11.6 Å². The number of ketones is 1. The Morgan fingerprint density at radius 3 is 2.71 bits per heavy atom. The zero-order valence-electron chi connectivity index (χ0n) is 11.3. The highest BCUT2D eigenvalue weighted by Crippen LogP contribution is 2.30. The molecule has 1 aromatic heterocycles. The molecule has 0 unspecified atom stereocenters. The van der Waals surface area contributed by atoms with Crippen molar-refractivity contribution >= 4 is 39.6 Å². The first kappa shape index (κ1) is 15.7. The van der Waals surface area contributed by atoms with E-state index in [0.29, 0.717) is 10.6 Å². The van der Waals surface area contributed by atoms with Crippen LogP contribution in [0, 0.1) is 5.82 Å². The van der Waals surface area contributed by atoms with Crippen LogP contribution in [0.25, 0.3) is 0 Å². The van der Waals surface area contributed by atoms with Gasteiger partial charge in [-0.25, -0.2) is 4.39 Å². The largest absolute Gasteiger partial charge is 0.316 e. The van der Waals surface area contributed by atoms with Crippen molar-refractivity contribution in [3.05, 3.63) is 52.2 Å². The second-order valence-corrected chi connectivity index (χ2v) is 5.73. The van der Waals surface area contributed by atoms with Crippen LogP contribution in [0.4, 0.5) is 9.39 Å². The highest BCUT2D eigenvalue weighted by atomic mass is 35.5. The number of amides is 1. The Morgan fingerprint density at radius 1 is 1.33 bits per heavy atom. The molecule has 2 rings (SSSR count). The molecule has 0 saturated carbocycles. The molecule has 0 bridgehead atoms. The van der Waals surface area contributed by atoms with Gasteiger partial charge >= 0.3 is 0 Å². The quantitative estimate of drug-likeness (QED) is 0.670. The third-order valence-corrected chi connectivity index (χ3v) is 4.27. The number of nitrogens with one attached hydrogen (secondary N) is 1. The summed E-state index contributed by atoms with van der Waals surface area (Å²) in [7, 11) is 0. The molecule has 0 radical (unpaired) electrons. The number of halogens is 2. The normalized spacial score (nSPS) is 10.4. The van der Waals surface area contributed by atoms with Crippen molar-refractivity contribution in [2.24, 2.45) is 0 Å². The lowest BCUT2D eigenvalue weighted by atomic mass is 10.0. The highest BCUT2D eigenvalue weighted by Gasteiger charge is 2.19. The predicted octanol–water partition coefficient (Wildman–Crippen LogP) is 3.86. The molecule has 0 aliphatic heterocycles. The summed E-state index contributed by atoms with van der Waals surface area (Å²) in [6, 6.07) is 7.20. The Bertz CT molecular complexity index is 684. The molecule has 21 heavy (non-hydrogen) atoms. The molecule has 1 aromatic carbocycles. The van der Waals surface area contributed by atoms with Gasteiger partial charge in [0, 0.05) is 10.4 Å². The number of carbonyl (C=O) groups is 2. The predicted molar refractivity (Wildman–Crippen MR) is 82.9 cm³/mol. The van der Waals surface area contributed by atoms with Gasteiger partial charge in [0.2, 0.25) is 5.91 Å². The fourth-order valence-corrected chi connectivity index (χ4v) is 2.90. The van der Waals surface area contributed by atoms with Crippen molar-refractivity contribution in [1.29, 1.82) is 0 Å². The Hall–Kier alpha value is -1.72. The fraction of sp³-hybridized carbons (Fsp3) is 0.200. The van der Waals surface area contributed by atoms with Gasteiger partial charge in [-0.15, -0.1) is 22.9 Å². The second-order valence-electron chi connectivity index (χ2n) is 4.33. The Kier molecular flexibility index (Phi) is 5.09. The van der Waals surface area contributed by atoms with Gasteiger partial charge in [0.1, 0.15) is 16.7 Å². The number of rotatable bonds is 5. The van der Waals surface area contributed by atoms with E-state index in [1.165, 1.54) is 29.5 Å². The van der Waals surface area contributed by atoms with Crippen molar-refractivity contribution in [3.63, 3.8) is 0 Å². The van der Waals surface area contributed by atoms with E-state index in [0.717, 1.165) is 11.3 Å². The maximum absolute atomic E-state index is 13.2. The minimum absolute atomic E-state index is 0.188. The summed E-state index contributed by atoms with van der Waals surface area (Å²) in [4.78, 5) is 24.9. The standard InChI is InChI=1S/C15H13ClFNO2S/c1-2-11-7-12(15(21-11)18-13(19)8-16)14(20)9-4-3-5-10(17)6-9/h3-7H,2,8H2,1H3,(H,18,19). The van der Waals surface area contributed by atoms with Crippen LogP contribution in [0.1, 0.15) is 27.7 Å². The first-order valence-electron chi connectivity index (χ1n) is 6.34. The van der Waals surface area contributed by atoms with Gasteiger partial charge in [-0.1, -0.05) is 19.1 Å². The molecule has 110 valence electrons. The average molecular weight is 326 g/mol. The van der Waals surface area contributed by atoms with E-state index in [2.05, 4.69) is 5.32 Å². The van der Waals surface area contributed by atoms with Crippen LogP contribution >= 0.6 is 22.9 Å². The van der Waals surface area contributed by atoms with Crippen molar-refractivity contribution in [1.82, 2.24) is 0 Å². The lowest BCUT2D eigenvalue weighted by Gasteiger charge is -2.04. The van der Waals surface area contributed by atoms with Gasteiger partial charge in [-0.05, 0) is 24.6 Å². The molecule has 1 N–H and O–H groups in total. The molecule has 0 atom stereocenters. The number of aryl methyl sites for hydroxylation is 1. The molecular formula is C15H13ClFNO2S. The number of anilines is 1. The molecule has 0 aliphatic carbocycles. The van der Waals surface area contributed by atoms with Crippen LogP contribution in [-0.2, 0) is 11.2 Å². The molecule has 2 aromatic rings. The van der Waals surface area contributed by atoms with Crippen LogP contribution < -0.4 is 5.32 Å². The van der Waals surface area contributed by atoms with Crippen molar-refractivity contribution in [2.75, 3.05) is 11.2 Å². The molecule has 0 fully saturated rings. The number of hydrogen-bond donors (Lipinski definition) is 1. The maximum atomic E-state index is 13.2. The SMILES string of the molecule is CCc1cc(C(=O)c2cccc(F)c2)c(NC(=O)CCl)s1. The van der Waals surface area contributed by atoms with Crippen LogP contribution in [0.2, 0.25) is 0 Å². The Balaban J connectivity index is 2.39. The third-order valence-electron chi connectivity index (χ3n) is 2.84. The molecule has 0 saturated heterocycles. The molecule has 6 heteroatoms. The van der Waals surface area contributed by atoms with Crippen LogP contribution in [0.15, 0.2) is 30.3 Å². The van der Waals surface area contributed by atoms with Crippen molar-refractivity contribution in [3.8, 4) is 0 Å². The number of benzene rings is 1. The molecule has 0 spiro atoms. The van der Waals surface area contributed by atoms with E-state index >= 15 is 0 Å². The summed E-state index contributed by atoms with van der Waals surface area (Å²) in [6.07, 6.45) is 0.741. The fourth-order valence-electron chi connectivity index (χ4n) is 1.82. The van der Waals surface area contributed by atoms with Crippen LogP contribution in [0.5, 0.6) is 0 Å². The summed E-state index contributed by atoms with van der Waals surface area (Å²) >= 11 is 6.80. The van der Waals surface area contributed by atoms with Gasteiger partial charge in [0.05, 0.1) is 5.56 Å². The molecule has 1 amide bonds. The van der Waals surface area contributed by atoms with E-state index in [1.807, 2.05) is 6.92 Å². The minimum atomic E-state index is -0.474. The van der Waals surface area contributed by atoms with Crippen molar-refractivity contribution < 1.29 is 14.0 Å². The zero-order chi connectivity index (χ0) is 15.4. The van der Waals surface area contributed by atoms with E-state index in [1.54, 1.807) is 12.1 Å². The minimum Gasteiger partial charge on any atom is -0.316 e. The van der Waals surface area contributed by atoms with Gasteiger partial charge in [-0.2, -0.15) is 0 Å². The van der Waals surface area contributed by atoms with E-state index in [-0.39, 0.29) is 23.1 Å². The van der Waals surface area contributed by atoms with Gasteiger partial charge < -0.3 is 5.32 Å². The molecule has 3 nitrogen and oxygen atoms in total. The van der Waals surface area contributed by atoms with E-state index < -0.39 is 5.82 Å². The van der Waals surface area contributed by atoms with Gasteiger partial charge in [-0.3, -0.25) is 9.59 Å². The summed E-state index contributed by atoms with van der Waals surface area (Å²) in [6.45, 7) is 1.95. The number of hydrogen-bond acceptors (Lipinski definition) is 3. The lowest BCUT2D eigenvalue weighted by molar-refractivity contribution is -0.113. The number of thiophene rings is 1. The summed E-state index contributed by atoms with van der Waals surface area (Å²) in [5, 5.41) is 3.06. The first-order chi connectivity index (χ1) is 10.0. The monoisotopic (exact) mass is 325 g/mol. The summed E-state index contributed by atoms with van der Waals surface area (Å²) < 4.78 is 13.2. The Labute approximate surface area is 130 Å². The highest BCUT2D eigenvalue weighted by molar-refractivity contribution is 7.16.